The van der Waals surface area contributed by atoms with Crippen LogP contribution in [0.15, 0.2) is 30.5 Å². The van der Waals surface area contributed by atoms with Gasteiger partial charge < -0.3 is 10.6 Å². The Hall–Kier alpha value is -1.68. The van der Waals surface area contributed by atoms with Crippen LogP contribution in [0, 0.1) is 0 Å². The first-order valence-electron chi connectivity index (χ1n) is 6.44. The number of unbranched alkanes of at least 4 members (excludes halogenated alkanes) is 2. The number of aromatic nitrogens is 2. The molecular formula is C14H20N4. The molecule has 0 radical (unpaired) electrons. The van der Waals surface area contributed by atoms with E-state index in [1.165, 1.54) is 6.42 Å². The van der Waals surface area contributed by atoms with E-state index in [4.69, 9.17) is 5.73 Å². The quantitative estimate of drug-likeness (QED) is 0.791. The van der Waals surface area contributed by atoms with E-state index in [-0.39, 0.29) is 0 Å². The molecule has 0 spiro atoms. The third-order valence-corrected chi connectivity index (χ3v) is 3.13. The fourth-order valence-corrected chi connectivity index (χ4v) is 2.09. The molecule has 0 bridgehead atoms. The van der Waals surface area contributed by atoms with Crippen LogP contribution in [-0.4, -0.2) is 30.3 Å². The van der Waals surface area contributed by atoms with Crippen molar-refractivity contribution in [3.05, 3.63) is 30.5 Å². The molecule has 2 rings (SSSR count). The zero-order chi connectivity index (χ0) is 12.8. The van der Waals surface area contributed by atoms with Gasteiger partial charge in [0.15, 0.2) is 0 Å². The van der Waals surface area contributed by atoms with E-state index in [9.17, 15) is 0 Å². The van der Waals surface area contributed by atoms with E-state index in [1.54, 1.807) is 0 Å². The Morgan fingerprint density at radius 2 is 2.00 bits per heavy atom. The van der Waals surface area contributed by atoms with Gasteiger partial charge in [-0.05, 0) is 25.5 Å². The Morgan fingerprint density at radius 1 is 1.17 bits per heavy atom. The predicted molar refractivity (Wildman–Crippen MR) is 75.7 cm³/mol. The van der Waals surface area contributed by atoms with Crippen molar-refractivity contribution in [1.29, 1.82) is 0 Å². The summed E-state index contributed by atoms with van der Waals surface area (Å²) in [6, 6.07) is 8.11. The second-order valence-corrected chi connectivity index (χ2v) is 4.52. The minimum atomic E-state index is 0.781. The first-order valence-corrected chi connectivity index (χ1v) is 6.44. The maximum absolute atomic E-state index is 5.50. The van der Waals surface area contributed by atoms with Gasteiger partial charge in [0.05, 0.1) is 17.4 Å². The maximum Gasteiger partial charge on any atom is 0.0950 e. The number of nitrogens with two attached hydrogens (primary N) is 1. The topological polar surface area (TPSA) is 55.0 Å². The van der Waals surface area contributed by atoms with Crippen LogP contribution in [0.1, 0.15) is 19.3 Å². The molecule has 0 unspecified atom stereocenters. The smallest absolute Gasteiger partial charge is 0.0950 e. The molecule has 0 aliphatic rings. The van der Waals surface area contributed by atoms with Crippen LogP contribution in [0.2, 0.25) is 0 Å². The number of hydrogen-bond donors (Lipinski definition) is 1. The summed E-state index contributed by atoms with van der Waals surface area (Å²) in [4.78, 5) is 2.24. The van der Waals surface area contributed by atoms with Crippen molar-refractivity contribution in [3.8, 4) is 0 Å². The van der Waals surface area contributed by atoms with Gasteiger partial charge in [0.25, 0.3) is 0 Å². The van der Waals surface area contributed by atoms with E-state index >= 15 is 0 Å². The van der Waals surface area contributed by atoms with Gasteiger partial charge in [-0.15, -0.1) is 0 Å². The van der Waals surface area contributed by atoms with Gasteiger partial charge in [-0.3, -0.25) is 0 Å². The fraction of sp³-hybridized carbons (Fsp3) is 0.429. The van der Waals surface area contributed by atoms with Gasteiger partial charge in [0.1, 0.15) is 0 Å². The molecule has 0 aliphatic carbocycles. The summed E-state index contributed by atoms with van der Waals surface area (Å²) in [5.41, 5.74) is 7.59. The summed E-state index contributed by atoms with van der Waals surface area (Å²) < 4.78 is 0. The summed E-state index contributed by atoms with van der Waals surface area (Å²) in [5.74, 6) is 0. The largest absolute Gasteiger partial charge is 0.373 e. The predicted octanol–water partition coefficient (Wildman–Crippen LogP) is 2.19. The van der Waals surface area contributed by atoms with Crippen molar-refractivity contribution >= 4 is 16.6 Å². The second-order valence-electron chi connectivity index (χ2n) is 4.52. The molecule has 0 amide bonds. The lowest BCUT2D eigenvalue weighted by atomic mass is 10.2. The summed E-state index contributed by atoms with van der Waals surface area (Å²) in [7, 11) is 2.10. The molecule has 1 heterocycles. The Labute approximate surface area is 108 Å². The van der Waals surface area contributed by atoms with Crippen LogP contribution >= 0.6 is 0 Å². The van der Waals surface area contributed by atoms with Gasteiger partial charge >= 0.3 is 0 Å². The minimum Gasteiger partial charge on any atom is -0.373 e. The minimum absolute atomic E-state index is 0.781. The molecule has 0 atom stereocenters. The van der Waals surface area contributed by atoms with Crippen LogP contribution in [0.4, 0.5) is 5.69 Å². The third-order valence-electron chi connectivity index (χ3n) is 3.13. The average molecular weight is 244 g/mol. The van der Waals surface area contributed by atoms with Crippen molar-refractivity contribution in [2.75, 3.05) is 25.0 Å². The summed E-state index contributed by atoms with van der Waals surface area (Å²) in [6.07, 6.45) is 5.27. The number of hydrogen-bond acceptors (Lipinski definition) is 4. The molecule has 96 valence electrons. The third kappa shape index (κ3) is 2.96. The maximum atomic E-state index is 5.50. The van der Waals surface area contributed by atoms with Crippen LogP contribution < -0.4 is 10.6 Å². The summed E-state index contributed by atoms with van der Waals surface area (Å²) in [6.45, 7) is 1.80. The van der Waals surface area contributed by atoms with Crippen LogP contribution in [-0.2, 0) is 0 Å². The Bertz CT molecular complexity index is 493. The molecule has 2 aromatic rings. The van der Waals surface area contributed by atoms with E-state index in [0.29, 0.717) is 0 Å². The number of anilines is 1. The Balaban J connectivity index is 2.10. The highest BCUT2D eigenvalue weighted by molar-refractivity contribution is 5.90. The molecule has 1 aromatic heterocycles. The lowest BCUT2D eigenvalue weighted by molar-refractivity contribution is 0.679. The van der Waals surface area contributed by atoms with Crippen molar-refractivity contribution in [3.63, 3.8) is 0 Å². The van der Waals surface area contributed by atoms with Crippen molar-refractivity contribution in [2.45, 2.75) is 19.3 Å². The highest BCUT2D eigenvalue weighted by Crippen LogP contribution is 2.23. The monoisotopic (exact) mass is 244 g/mol. The Morgan fingerprint density at radius 3 is 2.83 bits per heavy atom. The van der Waals surface area contributed by atoms with Crippen molar-refractivity contribution in [2.24, 2.45) is 5.73 Å². The standard InChI is InChI=1S/C14H20N4/c1-18(10-6-2-5-9-15)14-11-16-17-13-8-4-3-7-12(13)14/h3-4,7-8,11H,2,5-6,9-10,15H2,1H3. The van der Waals surface area contributed by atoms with Crippen molar-refractivity contribution < 1.29 is 0 Å². The molecule has 0 saturated heterocycles. The number of benzene rings is 1. The van der Waals surface area contributed by atoms with E-state index in [1.807, 2.05) is 24.4 Å². The fourth-order valence-electron chi connectivity index (χ4n) is 2.09. The first-order chi connectivity index (χ1) is 8.83. The lowest BCUT2D eigenvalue weighted by Crippen LogP contribution is -2.19. The highest BCUT2D eigenvalue weighted by atomic mass is 15.1. The SMILES string of the molecule is CN(CCCCCN)c1cnnc2ccccc12. The molecule has 0 saturated carbocycles. The molecule has 2 N–H and O–H groups in total. The van der Waals surface area contributed by atoms with E-state index < -0.39 is 0 Å². The van der Waals surface area contributed by atoms with Gasteiger partial charge in [-0.25, -0.2) is 0 Å². The second kappa shape index (κ2) is 6.31. The van der Waals surface area contributed by atoms with Crippen molar-refractivity contribution in [1.82, 2.24) is 10.2 Å². The molecular weight excluding hydrogens is 224 g/mol. The number of nitrogens with zero attached hydrogens (tertiary/aromatic N) is 3. The molecule has 0 aliphatic heterocycles. The normalized spacial score (nSPS) is 10.8. The van der Waals surface area contributed by atoms with E-state index in [0.717, 1.165) is 42.5 Å². The summed E-state index contributed by atoms with van der Waals surface area (Å²) >= 11 is 0. The zero-order valence-electron chi connectivity index (χ0n) is 10.8. The molecule has 4 heteroatoms. The van der Waals surface area contributed by atoms with Crippen LogP contribution in [0.25, 0.3) is 10.9 Å². The van der Waals surface area contributed by atoms with Crippen LogP contribution in [0.5, 0.6) is 0 Å². The lowest BCUT2D eigenvalue weighted by Gasteiger charge is -2.20. The number of fused-ring (bicyclic) bond motifs is 1. The van der Waals surface area contributed by atoms with Gasteiger partial charge in [0, 0.05) is 19.0 Å². The van der Waals surface area contributed by atoms with Gasteiger partial charge in [0.2, 0.25) is 0 Å². The zero-order valence-corrected chi connectivity index (χ0v) is 10.8. The van der Waals surface area contributed by atoms with Gasteiger partial charge in [-0.2, -0.15) is 10.2 Å². The molecule has 18 heavy (non-hydrogen) atoms. The van der Waals surface area contributed by atoms with Gasteiger partial charge in [-0.1, -0.05) is 24.6 Å². The molecule has 0 fully saturated rings. The average Bonchev–Trinajstić information content (AvgIpc) is 2.43. The van der Waals surface area contributed by atoms with E-state index in [2.05, 4.69) is 28.2 Å². The first kappa shape index (κ1) is 12.8. The van der Waals surface area contributed by atoms with Crippen LogP contribution in [0.3, 0.4) is 0 Å². The molecule has 4 nitrogen and oxygen atoms in total. The summed E-state index contributed by atoms with van der Waals surface area (Å²) in [5, 5.41) is 9.37. The Kier molecular flexibility index (Phi) is 4.47. The highest BCUT2D eigenvalue weighted by Gasteiger charge is 2.06. The number of rotatable bonds is 6. The molecule has 1 aromatic carbocycles.